The van der Waals surface area contributed by atoms with Gasteiger partial charge in [0.25, 0.3) is 5.91 Å². The van der Waals surface area contributed by atoms with Gasteiger partial charge in [-0.1, -0.05) is 38.0 Å². The van der Waals surface area contributed by atoms with E-state index in [9.17, 15) is 27.2 Å². The number of fused-ring (bicyclic) bond motifs is 1. The van der Waals surface area contributed by atoms with Gasteiger partial charge in [0.2, 0.25) is 0 Å². The number of carbonyl (C=O) groups is 2. The van der Waals surface area contributed by atoms with Crippen molar-refractivity contribution in [2.45, 2.75) is 44.4 Å². The first kappa shape index (κ1) is 27.9. The average molecular weight is 541 g/mol. The predicted molar refractivity (Wildman–Crippen MR) is 140 cm³/mol. The Morgan fingerprint density at radius 1 is 0.923 bits per heavy atom. The van der Waals surface area contributed by atoms with Crippen LogP contribution in [0.15, 0.2) is 60.8 Å². The number of rotatable bonds is 11. The van der Waals surface area contributed by atoms with Gasteiger partial charge in [-0.2, -0.15) is 0 Å². The molecular formula is C30H28F4N2O3. The molecule has 3 aromatic carbocycles. The summed E-state index contributed by atoms with van der Waals surface area (Å²) in [6.07, 6.45) is 3.62. The molecular weight excluding hydrogens is 512 g/mol. The Bertz CT molecular complexity index is 1480. The van der Waals surface area contributed by atoms with E-state index in [-0.39, 0.29) is 24.4 Å². The number of unbranched alkanes of at least 4 members (excludes halogenated alkanes) is 1. The highest BCUT2D eigenvalue weighted by molar-refractivity contribution is 5.94. The molecule has 1 aromatic heterocycles. The zero-order chi connectivity index (χ0) is 28.1. The van der Waals surface area contributed by atoms with E-state index in [1.165, 1.54) is 12.1 Å². The van der Waals surface area contributed by atoms with Crippen molar-refractivity contribution >= 4 is 22.8 Å². The molecule has 9 heteroatoms. The molecule has 0 aliphatic heterocycles. The Morgan fingerprint density at radius 2 is 1.64 bits per heavy atom. The van der Waals surface area contributed by atoms with Crippen LogP contribution in [0.4, 0.5) is 17.6 Å². The lowest BCUT2D eigenvalue weighted by Gasteiger charge is -2.29. The SMILES string of the molecule is CCCCC(c1ccc(C(=O)NCCC(=O)O)cc1)C(c1ccc(F)c(F)c1)c1c[nH]c2c(F)cc(F)cc12. The van der Waals surface area contributed by atoms with Crippen molar-refractivity contribution < 1.29 is 32.3 Å². The van der Waals surface area contributed by atoms with E-state index in [1.807, 2.05) is 6.92 Å². The Kier molecular flexibility index (Phi) is 8.69. The molecule has 0 saturated carbocycles. The Morgan fingerprint density at radius 3 is 2.31 bits per heavy atom. The van der Waals surface area contributed by atoms with E-state index in [0.29, 0.717) is 28.5 Å². The molecule has 204 valence electrons. The van der Waals surface area contributed by atoms with Gasteiger partial charge in [0.1, 0.15) is 11.6 Å². The number of H-pyrrole nitrogens is 1. The van der Waals surface area contributed by atoms with Gasteiger partial charge in [0.05, 0.1) is 11.9 Å². The van der Waals surface area contributed by atoms with Crippen LogP contribution in [-0.4, -0.2) is 28.5 Å². The van der Waals surface area contributed by atoms with Crippen molar-refractivity contribution in [1.82, 2.24) is 10.3 Å². The summed E-state index contributed by atoms with van der Waals surface area (Å²) in [6.45, 7) is 2.01. The second-order valence-corrected chi connectivity index (χ2v) is 9.48. The first-order valence-corrected chi connectivity index (χ1v) is 12.7. The first-order valence-electron chi connectivity index (χ1n) is 12.7. The maximum absolute atomic E-state index is 14.6. The first-order chi connectivity index (χ1) is 18.7. The molecule has 2 unspecified atom stereocenters. The largest absolute Gasteiger partial charge is 0.481 e. The Labute approximate surface area is 222 Å². The normalized spacial score (nSPS) is 12.8. The van der Waals surface area contributed by atoms with Crippen LogP contribution in [-0.2, 0) is 4.79 Å². The number of carboxylic acids is 1. The number of aromatic nitrogens is 1. The Hall–Kier alpha value is -4.14. The molecule has 0 aliphatic rings. The second-order valence-electron chi connectivity index (χ2n) is 9.48. The number of carboxylic acid groups (broad SMARTS) is 1. The second kappa shape index (κ2) is 12.1. The van der Waals surface area contributed by atoms with Gasteiger partial charge in [0, 0.05) is 35.7 Å². The van der Waals surface area contributed by atoms with Crippen LogP contribution in [0.25, 0.3) is 10.9 Å². The standard InChI is InChI=1S/C30H28F4N2O3/c1-2-3-4-21(17-5-7-18(8-6-17)30(39)35-12-11-27(37)38)28(19-9-10-24(32)25(33)13-19)23-16-36-29-22(23)14-20(31)15-26(29)34/h5-10,13-16,21,28,36H,2-4,11-12H2,1H3,(H,35,39)(H,37,38). The summed E-state index contributed by atoms with van der Waals surface area (Å²) in [5, 5.41) is 11.6. The van der Waals surface area contributed by atoms with Crippen molar-refractivity contribution in [1.29, 1.82) is 0 Å². The number of benzene rings is 3. The maximum atomic E-state index is 14.6. The molecule has 4 aromatic rings. The molecule has 0 bridgehead atoms. The van der Waals surface area contributed by atoms with Gasteiger partial charge >= 0.3 is 5.97 Å². The molecule has 39 heavy (non-hydrogen) atoms. The van der Waals surface area contributed by atoms with Gasteiger partial charge in [-0.05, 0) is 59.4 Å². The third kappa shape index (κ3) is 6.30. The van der Waals surface area contributed by atoms with Crippen molar-refractivity contribution in [3.8, 4) is 0 Å². The van der Waals surface area contributed by atoms with E-state index in [4.69, 9.17) is 5.11 Å². The van der Waals surface area contributed by atoms with Crippen molar-refractivity contribution in [2.75, 3.05) is 6.54 Å². The van der Waals surface area contributed by atoms with Gasteiger partial charge in [-0.3, -0.25) is 9.59 Å². The summed E-state index contributed by atoms with van der Waals surface area (Å²) >= 11 is 0. The van der Waals surface area contributed by atoms with E-state index < -0.39 is 41.1 Å². The van der Waals surface area contributed by atoms with E-state index in [1.54, 1.807) is 30.5 Å². The molecule has 3 N–H and O–H groups in total. The smallest absolute Gasteiger partial charge is 0.305 e. The van der Waals surface area contributed by atoms with Gasteiger partial charge in [-0.15, -0.1) is 0 Å². The fraction of sp³-hybridized carbons (Fsp3) is 0.267. The lowest BCUT2D eigenvalue weighted by molar-refractivity contribution is -0.136. The summed E-state index contributed by atoms with van der Waals surface area (Å²) in [6, 6.07) is 12.4. The van der Waals surface area contributed by atoms with Crippen LogP contribution in [0.5, 0.6) is 0 Å². The summed E-state index contributed by atoms with van der Waals surface area (Å²) in [5.41, 5.74) is 2.22. The molecule has 0 spiro atoms. The highest BCUT2D eigenvalue weighted by Crippen LogP contribution is 2.44. The topological polar surface area (TPSA) is 82.2 Å². The number of hydrogen-bond donors (Lipinski definition) is 3. The van der Waals surface area contributed by atoms with Crippen LogP contribution < -0.4 is 5.32 Å². The fourth-order valence-electron chi connectivity index (χ4n) is 4.98. The molecule has 0 radical (unpaired) electrons. The van der Waals surface area contributed by atoms with Crippen LogP contribution in [0.2, 0.25) is 0 Å². The summed E-state index contributed by atoms with van der Waals surface area (Å²) in [5.74, 6) is -5.91. The molecule has 0 fully saturated rings. The van der Waals surface area contributed by atoms with Crippen LogP contribution in [0.1, 0.15) is 71.5 Å². The number of carbonyl (C=O) groups excluding carboxylic acids is 1. The van der Waals surface area contributed by atoms with Gasteiger partial charge < -0.3 is 15.4 Å². The van der Waals surface area contributed by atoms with Crippen LogP contribution in [0, 0.1) is 23.3 Å². The third-order valence-corrected chi connectivity index (χ3v) is 6.87. The number of aromatic amines is 1. The highest BCUT2D eigenvalue weighted by atomic mass is 19.2. The number of halogens is 4. The Balaban J connectivity index is 1.80. The van der Waals surface area contributed by atoms with E-state index in [2.05, 4.69) is 10.3 Å². The molecule has 4 rings (SSSR count). The zero-order valence-corrected chi connectivity index (χ0v) is 21.2. The maximum Gasteiger partial charge on any atom is 0.305 e. The number of nitrogens with one attached hydrogen (secondary N) is 2. The quantitative estimate of drug-likeness (QED) is 0.179. The lowest BCUT2D eigenvalue weighted by atomic mass is 9.74. The minimum absolute atomic E-state index is 0.0130. The van der Waals surface area contributed by atoms with Crippen molar-refractivity contribution in [3.05, 3.63) is 106 Å². The van der Waals surface area contributed by atoms with Crippen molar-refractivity contribution in [3.63, 3.8) is 0 Å². The van der Waals surface area contributed by atoms with Crippen LogP contribution in [0.3, 0.4) is 0 Å². The zero-order valence-electron chi connectivity index (χ0n) is 21.2. The fourth-order valence-corrected chi connectivity index (χ4v) is 4.98. The molecule has 1 amide bonds. The van der Waals surface area contributed by atoms with E-state index in [0.717, 1.165) is 36.6 Å². The summed E-state index contributed by atoms with van der Waals surface area (Å²) in [4.78, 5) is 26.0. The third-order valence-electron chi connectivity index (χ3n) is 6.87. The van der Waals surface area contributed by atoms with Crippen molar-refractivity contribution in [2.24, 2.45) is 0 Å². The summed E-state index contributed by atoms with van der Waals surface area (Å²) < 4.78 is 57.2. The van der Waals surface area contributed by atoms with Crippen LogP contribution >= 0.6 is 0 Å². The number of hydrogen-bond acceptors (Lipinski definition) is 2. The van der Waals surface area contributed by atoms with E-state index >= 15 is 0 Å². The molecule has 5 nitrogen and oxygen atoms in total. The minimum Gasteiger partial charge on any atom is -0.481 e. The van der Waals surface area contributed by atoms with Gasteiger partial charge in [-0.25, -0.2) is 17.6 Å². The molecule has 0 saturated heterocycles. The van der Waals surface area contributed by atoms with Gasteiger partial charge in [0.15, 0.2) is 11.6 Å². The monoisotopic (exact) mass is 540 g/mol. The average Bonchev–Trinajstić information content (AvgIpc) is 3.32. The summed E-state index contributed by atoms with van der Waals surface area (Å²) in [7, 11) is 0. The molecule has 1 heterocycles. The lowest BCUT2D eigenvalue weighted by Crippen LogP contribution is -2.26. The minimum atomic E-state index is -1.03. The number of amides is 1. The number of aliphatic carboxylic acids is 1. The molecule has 2 atom stereocenters. The highest BCUT2D eigenvalue weighted by Gasteiger charge is 2.30. The predicted octanol–water partition coefficient (Wildman–Crippen LogP) is 7.03. The molecule has 0 aliphatic carbocycles.